The van der Waals surface area contributed by atoms with Gasteiger partial charge >= 0.3 is 6.18 Å². The maximum Gasteiger partial charge on any atom is 0.433 e. The number of aromatic nitrogens is 5. The Kier molecular flexibility index (Phi) is 4.63. The Morgan fingerprint density at radius 2 is 2.08 bits per heavy atom. The monoisotopic (exact) mass is 356 g/mol. The van der Waals surface area contributed by atoms with E-state index in [2.05, 4.69) is 25.5 Å². The van der Waals surface area contributed by atoms with Crippen LogP contribution in [0.1, 0.15) is 36.1 Å². The second-order valence-corrected chi connectivity index (χ2v) is 6.36. The molecule has 3 atom stereocenters. The molecule has 1 aliphatic carbocycles. The summed E-state index contributed by atoms with van der Waals surface area (Å²) in [5.74, 6) is 0.924. The molecule has 2 aromatic rings. The van der Waals surface area contributed by atoms with E-state index in [4.69, 9.17) is 0 Å². The van der Waals surface area contributed by atoms with Crippen LogP contribution in [0.5, 0.6) is 0 Å². The van der Waals surface area contributed by atoms with Crippen LogP contribution in [0.3, 0.4) is 0 Å². The third-order valence-corrected chi connectivity index (χ3v) is 4.44. The summed E-state index contributed by atoms with van der Waals surface area (Å²) in [6.45, 7) is 1.73. The molecule has 1 saturated carbocycles. The number of anilines is 1. The van der Waals surface area contributed by atoms with Crippen molar-refractivity contribution < 1.29 is 18.3 Å². The van der Waals surface area contributed by atoms with Crippen molar-refractivity contribution in [3.05, 3.63) is 29.7 Å². The van der Waals surface area contributed by atoms with Crippen LogP contribution in [-0.4, -0.2) is 42.5 Å². The van der Waals surface area contributed by atoms with Gasteiger partial charge in [-0.15, -0.1) is 10.2 Å². The predicted octanol–water partition coefficient (Wildman–Crippen LogP) is 1.90. The zero-order chi connectivity index (χ0) is 18.2. The van der Waals surface area contributed by atoms with E-state index in [1.54, 1.807) is 6.33 Å². The van der Waals surface area contributed by atoms with E-state index < -0.39 is 18.0 Å². The fourth-order valence-electron chi connectivity index (χ4n) is 3.23. The first kappa shape index (κ1) is 17.6. The molecule has 2 heterocycles. The summed E-state index contributed by atoms with van der Waals surface area (Å²) in [5.41, 5.74) is -0.980. The summed E-state index contributed by atoms with van der Waals surface area (Å²) >= 11 is 0. The molecule has 0 bridgehead atoms. The van der Waals surface area contributed by atoms with E-state index in [-0.39, 0.29) is 23.5 Å². The molecule has 2 N–H and O–H groups in total. The molecule has 136 valence electrons. The minimum Gasteiger partial charge on any atom is -0.393 e. The Morgan fingerprint density at radius 3 is 2.72 bits per heavy atom. The molecule has 0 radical (unpaired) electrons. The third-order valence-electron chi connectivity index (χ3n) is 4.44. The molecule has 0 aromatic carbocycles. The highest BCUT2D eigenvalue weighted by atomic mass is 19.4. The van der Waals surface area contributed by atoms with Gasteiger partial charge in [0.1, 0.15) is 29.5 Å². The Balaban J connectivity index is 1.66. The van der Waals surface area contributed by atoms with Gasteiger partial charge in [-0.25, -0.2) is 9.97 Å². The van der Waals surface area contributed by atoms with Gasteiger partial charge < -0.3 is 15.0 Å². The van der Waals surface area contributed by atoms with Gasteiger partial charge in [0.05, 0.1) is 6.10 Å². The highest BCUT2D eigenvalue weighted by molar-refractivity contribution is 5.37. The summed E-state index contributed by atoms with van der Waals surface area (Å²) in [6.07, 6.45) is -2.24. The number of hydrogen-bond acceptors (Lipinski definition) is 6. The first-order valence-electron chi connectivity index (χ1n) is 7.92. The van der Waals surface area contributed by atoms with Crippen LogP contribution in [-0.2, 0) is 13.2 Å². The summed E-state index contributed by atoms with van der Waals surface area (Å²) in [6, 6.07) is 0.883. The molecule has 2 aromatic heterocycles. The van der Waals surface area contributed by atoms with Gasteiger partial charge in [0, 0.05) is 31.5 Å². The lowest BCUT2D eigenvalue weighted by Gasteiger charge is -2.16. The average Bonchev–Trinajstić information content (AvgIpc) is 3.09. The van der Waals surface area contributed by atoms with E-state index in [0.29, 0.717) is 19.4 Å². The lowest BCUT2D eigenvalue weighted by molar-refractivity contribution is -0.141. The standard InChI is InChI=1S/C15H19F3N6O/c1-8-21-12(15(16,17)18)5-13(22-8)19-6-10-3-9(4-11(10)25)14-23-20-7-24(14)2/h5,7,9-11,25H,3-4,6H2,1-2H3,(H,19,21,22)/t9-,10+,11+/m0/s1. The van der Waals surface area contributed by atoms with Crippen LogP contribution < -0.4 is 5.32 Å². The predicted molar refractivity (Wildman–Crippen MR) is 82.7 cm³/mol. The Labute approximate surface area is 142 Å². The molecule has 1 fully saturated rings. The third kappa shape index (κ3) is 3.89. The molecule has 0 spiro atoms. The van der Waals surface area contributed by atoms with Crippen molar-refractivity contribution >= 4 is 5.82 Å². The maximum atomic E-state index is 12.8. The van der Waals surface area contributed by atoms with Gasteiger partial charge in [0.25, 0.3) is 0 Å². The van der Waals surface area contributed by atoms with Crippen molar-refractivity contribution in [1.29, 1.82) is 0 Å². The van der Waals surface area contributed by atoms with Gasteiger partial charge in [0.15, 0.2) is 0 Å². The Bertz CT molecular complexity index is 747. The summed E-state index contributed by atoms with van der Waals surface area (Å²) in [4.78, 5) is 7.40. The molecule has 25 heavy (non-hydrogen) atoms. The van der Waals surface area contributed by atoms with E-state index in [1.807, 2.05) is 11.6 Å². The molecule has 0 saturated heterocycles. The fraction of sp³-hybridized carbons (Fsp3) is 0.600. The van der Waals surface area contributed by atoms with Crippen LogP contribution in [0.15, 0.2) is 12.4 Å². The Morgan fingerprint density at radius 1 is 1.32 bits per heavy atom. The number of aliphatic hydroxyl groups is 1. The van der Waals surface area contributed by atoms with Crippen LogP contribution in [0.4, 0.5) is 19.0 Å². The highest BCUT2D eigenvalue weighted by Gasteiger charge is 2.36. The molecule has 7 nitrogen and oxygen atoms in total. The minimum absolute atomic E-state index is 0.0428. The van der Waals surface area contributed by atoms with Crippen molar-refractivity contribution in [2.45, 2.75) is 38.0 Å². The number of aliphatic hydroxyl groups excluding tert-OH is 1. The summed E-state index contributed by atoms with van der Waals surface area (Å²) in [5, 5.41) is 21.1. The first-order valence-corrected chi connectivity index (χ1v) is 7.92. The smallest absolute Gasteiger partial charge is 0.393 e. The first-order chi connectivity index (χ1) is 11.7. The molecule has 0 aliphatic heterocycles. The lowest BCUT2D eigenvalue weighted by Crippen LogP contribution is -2.23. The maximum absolute atomic E-state index is 12.8. The van der Waals surface area contributed by atoms with Crippen LogP contribution in [0.2, 0.25) is 0 Å². The number of nitrogens with one attached hydrogen (secondary N) is 1. The second-order valence-electron chi connectivity index (χ2n) is 6.36. The number of halogens is 3. The van der Waals surface area contributed by atoms with Gasteiger partial charge in [0.2, 0.25) is 0 Å². The zero-order valence-electron chi connectivity index (χ0n) is 13.8. The lowest BCUT2D eigenvalue weighted by atomic mass is 10.0. The molecule has 0 amide bonds. The summed E-state index contributed by atoms with van der Waals surface area (Å²) < 4.78 is 40.3. The summed E-state index contributed by atoms with van der Waals surface area (Å²) in [7, 11) is 1.84. The molecule has 10 heteroatoms. The topological polar surface area (TPSA) is 88.8 Å². The SMILES string of the molecule is Cc1nc(NC[C@H]2C[C@H](c3nncn3C)C[C@H]2O)cc(C(F)(F)F)n1. The fourth-order valence-corrected chi connectivity index (χ4v) is 3.23. The van der Waals surface area contributed by atoms with Crippen molar-refractivity contribution in [3.8, 4) is 0 Å². The number of nitrogens with zero attached hydrogens (tertiary/aromatic N) is 5. The molecule has 3 rings (SSSR count). The van der Waals surface area contributed by atoms with Crippen LogP contribution >= 0.6 is 0 Å². The van der Waals surface area contributed by atoms with E-state index in [1.165, 1.54) is 6.92 Å². The van der Waals surface area contributed by atoms with Crippen molar-refractivity contribution in [1.82, 2.24) is 24.7 Å². The van der Waals surface area contributed by atoms with Gasteiger partial charge in [-0.3, -0.25) is 0 Å². The van der Waals surface area contributed by atoms with Crippen LogP contribution in [0, 0.1) is 12.8 Å². The van der Waals surface area contributed by atoms with E-state index >= 15 is 0 Å². The van der Waals surface area contributed by atoms with Crippen molar-refractivity contribution in [2.75, 3.05) is 11.9 Å². The van der Waals surface area contributed by atoms with Crippen LogP contribution in [0.25, 0.3) is 0 Å². The quantitative estimate of drug-likeness (QED) is 0.870. The van der Waals surface area contributed by atoms with E-state index in [9.17, 15) is 18.3 Å². The Hall–Kier alpha value is -2.23. The number of hydrogen-bond donors (Lipinski definition) is 2. The van der Waals surface area contributed by atoms with Gasteiger partial charge in [-0.2, -0.15) is 13.2 Å². The zero-order valence-corrected chi connectivity index (χ0v) is 13.8. The average molecular weight is 356 g/mol. The number of rotatable bonds is 4. The van der Waals surface area contributed by atoms with Gasteiger partial charge in [-0.1, -0.05) is 0 Å². The van der Waals surface area contributed by atoms with Gasteiger partial charge in [-0.05, 0) is 19.8 Å². The van der Waals surface area contributed by atoms with Crippen molar-refractivity contribution in [2.24, 2.45) is 13.0 Å². The number of aryl methyl sites for hydroxylation is 2. The van der Waals surface area contributed by atoms with Crippen molar-refractivity contribution in [3.63, 3.8) is 0 Å². The van der Waals surface area contributed by atoms with E-state index in [0.717, 1.165) is 11.9 Å². The largest absolute Gasteiger partial charge is 0.433 e. The number of alkyl halides is 3. The molecular formula is C15H19F3N6O. The second kappa shape index (κ2) is 6.58. The molecule has 1 aliphatic rings. The normalized spacial score (nSPS) is 23.8. The molecular weight excluding hydrogens is 337 g/mol. The highest BCUT2D eigenvalue weighted by Crippen LogP contribution is 2.37. The molecule has 0 unspecified atom stereocenters. The minimum atomic E-state index is -4.52.